The lowest BCUT2D eigenvalue weighted by atomic mass is 10.1. The number of carbonyl (C=O) groups is 1. The first-order valence-corrected chi connectivity index (χ1v) is 5.60. The molecule has 3 heteroatoms. The first-order chi connectivity index (χ1) is 7.49. The van der Waals surface area contributed by atoms with Crippen molar-refractivity contribution < 1.29 is 4.79 Å². The molecule has 1 aromatic rings. The lowest BCUT2D eigenvalue weighted by Crippen LogP contribution is -2.31. The monoisotopic (exact) mass is 220 g/mol. The zero-order valence-corrected chi connectivity index (χ0v) is 10.2. The highest BCUT2D eigenvalue weighted by Gasteiger charge is 2.10. The molecule has 1 unspecified atom stereocenters. The molecule has 3 N–H and O–H groups in total. The maximum absolute atomic E-state index is 11.5. The average Bonchev–Trinajstić information content (AvgIpc) is 2.16. The Labute approximate surface area is 97.0 Å². The molecule has 88 valence electrons. The highest BCUT2D eigenvalue weighted by atomic mass is 16.1. The molecule has 0 aromatic heterocycles. The van der Waals surface area contributed by atoms with Crippen molar-refractivity contribution in [3.05, 3.63) is 35.4 Å². The lowest BCUT2D eigenvalue weighted by molar-refractivity contribution is -0.121. The van der Waals surface area contributed by atoms with E-state index in [9.17, 15) is 4.79 Å². The summed E-state index contributed by atoms with van der Waals surface area (Å²) >= 11 is 0. The van der Waals surface area contributed by atoms with Crippen molar-refractivity contribution in [3.63, 3.8) is 0 Å². The fourth-order valence-electron chi connectivity index (χ4n) is 1.53. The van der Waals surface area contributed by atoms with Gasteiger partial charge in [0.05, 0.1) is 6.04 Å². The molecular formula is C13H20N2O. The molecule has 1 aromatic carbocycles. The van der Waals surface area contributed by atoms with Crippen molar-refractivity contribution in [2.75, 3.05) is 0 Å². The number of rotatable bonds is 4. The van der Waals surface area contributed by atoms with Crippen LogP contribution in [0.25, 0.3) is 0 Å². The van der Waals surface area contributed by atoms with Crippen LogP contribution in [0, 0.1) is 6.92 Å². The third-order valence-electron chi connectivity index (χ3n) is 2.46. The van der Waals surface area contributed by atoms with Crippen LogP contribution in [0.4, 0.5) is 0 Å². The molecule has 3 nitrogen and oxygen atoms in total. The van der Waals surface area contributed by atoms with Crippen LogP contribution < -0.4 is 11.1 Å². The molecule has 1 amide bonds. The number of benzene rings is 1. The molecule has 0 aliphatic carbocycles. The summed E-state index contributed by atoms with van der Waals surface area (Å²) in [5, 5.41) is 2.93. The summed E-state index contributed by atoms with van der Waals surface area (Å²) in [5.74, 6) is 0.00285. The number of nitrogens with one attached hydrogen (secondary N) is 1. The van der Waals surface area contributed by atoms with Gasteiger partial charge in [-0.25, -0.2) is 0 Å². The first kappa shape index (κ1) is 12.7. The normalized spacial score (nSPS) is 14.2. The maximum Gasteiger partial charge on any atom is 0.222 e. The van der Waals surface area contributed by atoms with Crippen LogP contribution in [0.5, 0.6) is 0 Å². The van der Waals surface area contributed by atoms with Crippen LogP contribution in [0.3, 0.4) is 0 Å². The van der Waals surface area contributed by atoms with Crippen LogP contribution in [0.1, 0.15) is 37.4 Å². The van der Waals surface area contributed by atoms with Crippen molar-refractivity contribution in [1.29, 1.82) is 0 Å². The predicted molar refractivity (Wildman–Crippen MR) is 66.0 cm³/mol. The van der Waals surface area contributed by atoms with Gasteiger partial charge in [0.15, 0.2) is 0 Å². The summed E-state index contributed by atoms with van der Waals surface area (Å²) < 4.78 is 0. The largest absolute Gasteiger partial charge is 0.350 e. The van der Waals surface area contributed by atoms with Gasteiger partial charge in [0.1, 0.15) is 0 Å². The van der Waals surface area contributed by atoms with E-state index in [2.05, 4.69) is 5.32 Å². The Morgan fingerprint density at radius 2 is 1.88 bits per heavy atom. The van der Waals surface area contributed by atoms with Gasteiger partial charge in [0.25, 0.3) is 0 Å². The fourth-order valence-corrected chi connectivity index (χ4v) is 1.53. The Morgan fingerprint density at radius 1 is 1.31 bits per heavy atom. The third-order valence-corrected chi connectivity index (χ3v) is 2.46. The molecule has 0 radical (unpaired) electrons. The van der Waals surface area contributed by atoms with E-state index in [1.807, 2.05) is 45.0 Å². The van der Waals surface area contributed by atoms with Crippen LogP contribution in [0.2, 0.25) is 0 Å². The van der Waals surface area contributed by atoms with E-state index >= 15 is 0 Å². The lowest BCUT2D eigenvalue weighted by Gasteiger charge is -2.15. The molecule has 0 heterocycles. The highest BCUT2D eigenvalue weighted by molar-refractivity contribution is 5.76. The molecule has 2 atom stereocenters. The van der Waals surface area contributed by atoms with Gasteiger partial charge >= 0.3 is 0 Å². The maximum atomic E-state index is 11.5. The van der Waals surface area contributed by atoms with Crippen LogP contribution >= 0.6 is 0 Å². The van der Waals surface area contributed by atoms with Crippen molar-refractivity contribution in [3.8, 4) is 0 Å². The Balaban J connectivity index is 2.55. The van der Waals surface area contributed by atoms with Crippen molar-refractivity contribution in [2.24, 2.45) is 5.73 Å². The number of hydrogen-bond acceptors (Lipinski definition) is 2. The van der Waals surface area contributed by atoms with Gasteiger partial charge in [-0.3, -0.25) is 4.79 Å². The number of aryl methyl sites for hydroxylation is 1. The summed E-state index contributed by atoms with van der Waals surface area (Å²) in [7, 11) is 0. The predicted octanol–water partition coefficient (Wildman–Crippen LogP) is 1.91. The van der Waals surface area contributed by atoms with Gasteiger partial charge in [-0.05, 0) is 26.3 Å². The SMILES string of the molecule is Cc1ccc([C@H](C)NC(=O)CC(C)N)cc1. The number of carbonyl (C=O) groups excluding carboxylic acids is 1. The summed E-state index contributed by atoms with van der Waals surface area (Å²) in [4.78, 5) is 11.5. The number of nitrogens with two attached hydrogens (primary N) is 1. The summed E-state index contributed by atoms with van der Waals surface area (Å²) in [6, 6.07) is 8.10. The second-order valence-electron chi connectivity index (χ2n) is 4.38. The molecule has 16 heavy (non-hydrogen) atoms. The summed E-state index contributed by atoms with van der Waals surface area (Å²) in [5.41, 5.74) is 7.90. The fraction of sp³-hybridized carbons (Fsp3) is 0.462. The zero-order valence-electron chi connectivity index (χ0n) is 10.2. The van der Waals surface area contributed by atoms with Gasteiger partial charge in [0, 0.05) is 12.5 Å². The van der Waals surface area contributed by atoms with Crippen molar-refractivity contribution in [2.45, 2.75) is 39.3 Å². The third kappa shape index (κ3) is 4.03. The Hall–Kier alpha value is -1.35. The Bertz CT molecular complexity index is 343. The molecule has 0 saturated heterocycles. The van der Waals surface area contributed by atoms with E-state index in [1.165, 1.54) is 5.56 Å². The Morgan fingerprint density at radius 3 is 2.38 bits per heavy atom. The van der Waals surface area contributed by atoms with E-state index in [4.69, 9.17) is 5.73 Å². The molecule has 0 bridgehead atoms. The van der Waals surface area contributed by atoms with E-state index in [0.29, 0.717) is 6.42 Å². The molecule has 0 saturated carbocycles. The van der Waals surface area contributed by atoms with Gasteiger partial charge in [-0.1, -0.05) is 29.8 Å². The highest BCUT2D eigenvalue weighted by Crippen LogP contribution is 2.13. The van der Waals surface area contributed by atoms with E-state index in [0.717, 1.165) is 5.56 Å². The quantitative estimate of drug-likeness (QED) is 0.814. The van der Waals surface area contributed by atoms with Gasteiger partial charge < -0.3 is 11.1 Å². The van der Waals surface area contributed by atoms with Crippen molar-refractivity contribution >= 4 is 5.91 Å². The molecule has 1 rings (SSSR count). The van der Waals surface area contributed by atoms with Crippen LogP contribution in [-0.4, -0.2) is 11.9 Å². The zero-order chi connectivity index (χ0) is 12.1. The van der Waals surface area contributed by atoms with Gasteiger partial charge in [-0.15, -0.1) is 0 Å². The molecule has 0 spiro atoms. The minimum absolute atomic E-state index is 0.00285. The topological polar surface area (TPSA) is 55.1 Å². The van der Waals surface area contributed by atoms with E-state index < -0.39 is 0 Å². The standard InChI is InChI=1S/C13H20N2O/c1-9-4-6-12(7-5-9)11(3)15-13(16)8-10(2)14/h4-7,10-11H,8,14H2,1-3H3,(H,15,16)/t10?,11-/m0/s1. The average molecular weight is 220 g/mol. The Kier molecular flexibility index (Phi) is 4.50. The van der Waals surface area contributed by atoms with Gasteiger partial charge in [0.2, 0.25) is 5.91 Å². The minimum atomic E-state index is -0.0924. The van der Waals surface area contributed by atoms with Crippen molar-refractivity contribution in [1.82, 2.24) is 5.32 Å². The molecule has 0 aliphatic heterocycles. The first-order valence-electron chi connectivity index (χ1n) is 5.60. The minimum Gasteiger partial charge on any atom is -0.350 e. The van der Waals surface area contributed by atoms with E-state index in [1.54, 1.807) is 0 Å². The molecular weight excluding hydrogens is 200 g/mol. The second-order valence-corrected chi connectivity index (χ2v) is 4.38. The molecule has 0 aliphatic rings. The van der Waals surface area contributed by atoms with Crippen LogP contribution in [-0.2, 0) is 4.79 Å². The summed E-state index contributed by atoms with van der Waals surface area (Å²) in [6.45, 7) is 5.85. The van der Waals surface area contributed by atoms with Crippen LogP contribution in [0.15, 0.2) is 24.3 Å². The smallest absolute Gasteiger partial charge is 0.222 e. The second kappa shape index (κ2) is 5.66. The molecule has 0 fully saturated rings. The number of amides is 1. The number of hydrogen-bond donors (Lipinski definition) is 2. The van der Waals surface area contributed by atoms with E-state index in [-0.39, 0.29) is 18.0 Å². The van der Waals surface area contributed by atoms with Gasteiger partial charge in [-0.2, -0.15) is 0 Å². The summed E-state index contributed by atoms with van der Waals surface area (Å²) in [6.07, 6.45) is 0.371.